The molecule has 0 heterocycles. The maximum absolute atomic E-state index is 13.3. The largest absolute Gasteiger partial charge is 0.633 e. The van der Waals surface area contributed by atoms with E-state index in [0.29, 0.717) is 27.3 Å². The number of halogens is 6. The summed E-state index contributed by atoms with van der Waals surface area (Å²) in [6, 6.07) is 11.2. The van der Waals surface area contributed by atoms with Crippen molar-refractivity contribution in [1.82, 2.24) is 8.43 Å². The Labute approximate surface area is 338 Å². The van der Waals surface area contributed by atoms with Crippen molar-refractivity contribution in [3.63, 3.8) is 0 Å². The van der Waals surface area contributed by atoms with E-state index < -0.39 is 86.6 Å². The molecule has 0 spiro atoms. The monoisotopic (exact) mass is 890 g/mol. The van der Waals surface area contributed by atoms with Crippen LogP contribution in [0.2, 0.25) is 0 Å². The lowest BCUT2D eigenvalue weighted by atomic mass is 10.1. The smallest absolute Gasteiger partial charge is 0.416 e. The van der Waals surface area contributed by atoms with Crippen molar-refractivity contribution in [2.75, 3.05) is 54.4 Å². The first-order valence-electron chi connectivity index (χ1n) is 17.8. The zero-order chi connectivity index (χ0) is 44.7. The molecule has 0 aliphatic rings. The lowest BCUT2D eigenvalue weighted by Crippen LogP contribution is -2.41. The van der Waals surface area contributed by atoms with Crippen molar-refractivity contribution in [3.8, 4) is 0 Å². The molecule has 0 bridgehead atoms. The van der Waals surface area contributed by atoms with E-state index in [1.807, 2.05) is 6.07 Å². The highest BCUT2D eigenvalue weighted by molar-refractivity contribution is 8.03. The summed E-state index contributed by atoms with van der Waals surface area (Å²) in [5, 5.41) is 23.3. The second-order valence-corrected chi connectivity index (χ2v) is 21.2. The van der Waals surface area contributed by atoms with E-state index in [1.165, 1.54) is 54.2 Å². The molecule has 21 heteroatoms. The van der Waals surface area contributed by atoms with Crippen LogP contribution in [0, 0.1) is 38.1 Å². The van der Waals surface area contributed by atoms with Crippen molar-refractivity contribution >= 4 is 30.1 Å². The number of hydroxylamine groups is 6. The predicted molar refractivity (Wildman–Crippen MR) is 211 cm³/mol. The Balaban J connectivity index is 0.000000437. The Hall–Kier alpha value is -3.15. The van der Waals surface area contributed by atoms with Gasteiger partial charge < -0.3 is 19.7 Å². The molecule has 0 saturated carbocycles. The summed E-state index contributed by atoms with van der Waals surface area (Å²) in [6.45, 7) is 6.21. The number of nitrogens with one attached hydrogen (secondary N) is 1. The zero-order valence-corrected chi connectivity index (χ0v) is 36.1. The summed E-state index contributed by atoms with van der Waals surface area (Å²) in [7, 11) is -7.23. The molecule has 12 nitrogen and oxygen atoms in total. The lowest BCUT2D eigenvalue weighted by molar-refractivity contribution is -0.840. The first kappa shape index (κ1) is 51.0. The summed E-state index contributed by atoms with van der Waals surface area (Å²) in [6.07, 6.45) is -8.91. The Morgan fingerprint density at radius 1 is 0.552 bits per heavy atom. The standard InChI is InChI=1S/C23H31F3N2O5S2.C14H21F3N2O3S/c1-17-9-18(2)11-20(10-17)15-34(30,31)27(7-6-8-28(4,5)29)35(32,33)16-21-12-19(3)13-22(14-21)23(24,25)26;1-11-7-12(9-13(8-11)14(15,16)17)10-23(21,22)18-5-4-6-19(2,3)20/h9-14H,6-8,15-16H2,1-5H3;7-9,18H,4-6,10H2,1-3H3. The van der Waals surface area contributed by atoms with Gasteiger partial charge in [0.1, 0.15) is 0 Å². The van der Waals surface area contributed by atoms with Gasteiger partial charge in [-0.3, -0.25) is 0 Å². The summed E-state index contributed by atoms with van der Waals surface area (Å²) in [5.41, 5.74) is 0.538. The van der Waals surface area contributed by atoms with Crippen LogP contribution in [0.4, 0.5) is 26.3 Å². The summed E-state index contributed by atoms with van der Waals surface area (Å²) >= 11 is 0. The SMILES string of the molecule is Cc1cc(C)cc(CS(=O)(=O)N(CCC[N+](C)(C)[O-])S(=O)(=O)Cc2cc(C)cc(C(F)(F)F)c2)c1.Cc1cc(CS(=O)(=O)NCCC[N+](C)(C)[O-])cc(C(F)(F)F)c1. The molecule has 3 aromatic carbocycles. The van der Waals surface area contributed by atoms with E-state index in [2.05, 4.69) is 4.72 Å². The minimum atomic E-state index is -4.68. The number of hydrogen-bond donors (Lipinski definition) is 1. The number of sulfonamides is 3. The number of nitrogens with zero attached hydrogens (tertiary/aromatic N) is 3. The molecular weight excluding hydrogens is 839 g/mol. The molecule has 0 saturated heterocycles. The number of benzene rings is 3. The van der Waals surface area contributed by atoms with Gasteiger partial charge >= 0.3 is 12.4 Å². The fourth-order valence-electron chi connectivity index (χ4n) is 5.93. The molecule has 58 heavy (non-hydrogen) atoms. The van der Waals surface area contributed by atoms with E-state index in [1.54, 1.807) is 26.0 Å². The van der Waals surface area contributed by atoms with Gasteiger partial charge in [-0.1, -0.05) is 56.3 Å². The third-order valence-electron chi connectivity index (χ3n) is 8.12. The van der Waals surface area contributed by atoms with Crippen LogP contribution in [0.25, 0.3) is 0 Å². The van der Waals surface area contributed by atoms with Crippen LogP contribution in [-0.4, -0.2) is 92.6 Å². The zero-order valence-electron chi connectivity index (χ0n) is 33.7. The molecule has 328 valence electrons. The normalized spacial score (nSPS) is 13.4. The number of aryl methyl sites for hydroxylation is 4. The van der Waals surface area contributed by atoms with E-state index in [0.717, 1.165) is 29.3 Å². The van der Waals surface area contributed by atoms with Crippen LogP contribution in [0.15, 0.2) is 54.6 Å². The second-order valence-electron chi connectivity index (χ2n) is 15.4. The first-order chi connectivity index (χ1) is 26.1. The molecule has 0 radical (unpaired) electrons. The van der Waals surface area contributed by atoms with Gasteiger partial charge in [0, 0.05) is 25.9 Å². The molecular formula is C37H52F6N4O8S3. The van der Waals surface area contributed by atoms with Gasteiger partial charge in [0.15, 0.2) is 0 Å². The van der Waals surface area contributed by atoms with Crippen molar-refractivity contribution in [3.05, 3.63) is 115 Å². The topological polar surface area (TPSA) is 164 Å². The lowest BCUT2D eigenvalue weighted by Gasteiger charge is -2.34. The summed E-state index contributed by atoms with van der Waals surface area (Å²) in [5.74, 6) is -2.07. The van der Waals surface area contributed by atoms with E-state index >= 15 is 0 Å². The third kappa shape index (κ3) is 18.4. The molecule has 3 aromatic rings. The molecule has 0 aromatic heterocycles. The Morgan fingerprint density at radius 3 is 1.28 bits per heavy atom. The van der Waals surface area contributed by atoms with Crippen molar-refractivity contribution in [2.24, 2.45) is 0 Å². The maximum atomic E-state index is 13.3. The van der Waals surface area contributed by atoms with Gasteiger partial charge in [-0.2, -0.15) is 26.3 Å². The van der Waals surface area contributed by atoms with Crippen molar-refractivity contribution in [2.45, 2.75) is 70.1 Å². The number of hydrogen-bond acceptors (Lipinski definition) is 8. The van der Waals surface area contributed by atoms with E-state index in [4.69, 9.17) is 0 Å². The number of quaternary nitrogens is 2. The van der Waals surface area contributed by atoms with E-state index in [-0.39, 0.29) is 42.7 Å². The van der Waals surface area contributed by atoms with Gasteiger partial charge in [0.2, 0.25) is 30.1 Å². The molecule has 0 aliphatic heterocycles. The minimum Gasteiger partial charge on any atom is -0.633 e. The van der Waals surface area contributed by atoms with Crippen LogP contribution in [0.1, 0.15) is 62.9 Å². The van der Waals surface area contributed by atoms with Gasteiger partial charge in [-0.05, 0) is 68.7 Å². The first-order valence-corrected chi connectivity index (χ1v) is 22.7. The number of rotatable bonds is 17. The highest BCUT2D eigenvalue weighted by Gasteiger charge is 2.36. The minimum absolute atomic E-state index is 0.0479. The fourth-order valence-corrected chi connectivity index (χ4v) is 11.1. The van der Waals surface area contributed by atoms with E-state index in [9.17, 15) is 62.0 Å². The van der Waals surface area contributed by atoms with Gasteiger partial charge in [0.05, 0.1) is 69.7 Å². The molecule has 1 N–H and O–H groups in total. The molecule has 0 aliphatic carbocycles. The van der Waals surface area contributed by atoms with Gasteiger partial charge in [-0.15, -0.1) is 0 Å². The quantitative estimate of drug-likeness (QED) is 0.0682. The van der Waals surface area contributed by atoms with Crippen LogP contribution in [0.5, 0.6) is 0 Å². The van der Waals surface area contributed by atoms with Crippen molar-refractivity contribution in [1.29, 1.82) is 0 Å². The van der Waals surface area contributed by atoms with Crippen LogP contribution < -0.4 is 4.72 Å². The number of alkyl halides is 6. The Kier molecular flexibility index (Phi) is 17.1. The maximum Gasteiger partial charge on any atom is 0.416 e. The molecule has 0 fully saturated rings. The van der Waals surface area contributed by atoms with Crippen LogP contribution >= 0.6 is 0 Å². The Morgan fingerprint density at radius 2 is 0.897 bits per heavy atom. The van der Waals surface area contributed by atoms with Gasteiger partial charge in [0.25, 0.3) is 0 Å². The second kappa shape index (κ2) is 19.5. The molecule has 0 atom stereocenters. The van der Waals surface area contributed by atoms with Crippen LogP contribution in [-0.2, 0) is 59.7 Å². The summed E-state index contributed by atoms with van der Waals surface area (Å²) < 4.78 is 156. The van der Waals surface area contributed by atoms with Crippen LogP contribution in [0.3, 0.4) is 0 Å². The van der Waals surface area contributed by atoms with Crippen molar-refractivity contribution < 1.29 is 60.9 Å². The summed E-state index contributed by atoms with van der Waals surface area (Å²) in [4.78, 5) is 0. The molecule has 0 amide bonds. The highest BCUT2D eigenvalue weighted by atomic mass is 32.3. The molecule has 3 rings (SSSR count). The Bertz CT molecular complexity index is 2180. The predicted octanol–water partition coefficient (Wildman–Crippen LogP) is 6.65. The van der Waals surface area contributed by atoms with Gasteiger partial charge in [-0.25, -0.2) is 30.0 Å². The average Bonchev–Trinajstić information content (AvgIpc) is 2.98. The fraction of sp³-hybridized carbons (Fsp3) is 0.514. The highest BCUT2D eigenvalue weighted by Crippen LogP contribution is 2.32. The average molecular weight is 891 g/mol. The molecule has 0 unspecified atom stereocenters. The third-order valence-corrected chi connectivity index (χ3v) is 13.8.